The predicted octanol–water partition coefficient (Wildman–Crippen LogP) is 6.10. The molecular formula is C32H36N2O8. The Kier molecular flexibility index (Phi) is 12.0. The number of unbranched alkanes of at least 4 members (excludes halogenated alkanes) is 4. The van der Waals surface area contributed by atoms with Crippen LogP contribution in [0.3, 0.4) is 0 Å². The van der Waals surface area contributed by atoms with Gasteiger partial charge in [0, 0.05) is 6.07 Å². The number of ether oxygens (including phenoxy) is 3. The highest BCUT2D eigenvalue weighted by atomic mass is 16.6. The third-order valence-corrected chi connectivity index (χ3v) is 6.62. The second-order valence-electron chi connectivity index (χ2n) is 9.78. The van der Waals surface area contributed by atoms with E-state index in [-0.39, 0.29) is 35.0 Å². The number of nitrogens with zero attached hydrogens (tertiary/aromatic N) is 1. The van der Waals surface area contributed by atoms with E-state index in [2.05, 4.69) is 12.2 Å². The summed E-state index contributed by atoms with van der Waals surface area (Å²) >= 11 is 0. The predicted molar refractivity (Wildman–Crippen MR) is 157 cm³/mol. The zero-order chi connectivity index (χ0) is 30.5. The summed E-state index contributed by atoms with van der Waals surface area (Å²) in [6, 6.07) is 16.1. The molecule has 0 heterocycles. The van der Waals surface area contributed by atoms with Crippen LogP contribution in [0.4, 0.5) is 5.69 Å². The molecule has 0 radical (unpaired) electrons. The number of para-hydroxylation sites is 1. The number of carbonyl (C=O) groups is 3. The van der Waals surface area contributed by atoms with E-state index in [9.17, 15) is 24.5 Å². The summed E-state index contributed by atoms with van der Waals surface area (Å²) in [6.45, 7) is 4.12. The Labute approximate surface area is 245 Å². The SMILES string of the molecule is CCCCCCCOc1ccc(C(=O)Oc2ccc(CC(NC(=O)c3ccccc3[N+](=O)[O-])C(C)=O)cc2OC)cc1. The Morgan fingerprint density at radius 2 is 1.64 bits per heavy atom. The van der Waals surface area contributed by atoms with Crippen molar-refractivity contribution in [3.63, 3.8) is 0 Å². The lowest BCUT2D eigenvalue weighted by atomic mass is 10.0. The summed E-state index contributed by atoms with van der Waals surface area (Å²) in [5.74, 6) is -0.523. The maximum atomic E-state index is 12.8. The second kappa shape index (κ2) is 15.9. The zero-order valence-electron chi connectivity index (χ0n) is 24.1. The fraction of sp³-hybridized carbons (Fsp3) is 0.344. The summed E-state index contributed by atoms with van der Waals surface area (Å²) in [5.41, 5.74) is 0.456. The molecule has 0 saturated heterocycles. The topological polar surface area (TPSA) is 134 Å². The Morgan fingerprint density at radius 3 is 2.31 bits per heavy atom. The van der Waals surface area contributed by atoms with Crippen molar-refractivity contribution >= 4 is 23.3 Å². The number of methoxy groups -OCH3 is 1. The first-order valence-corrected chi connectivity index (χ1v) is 13.9. The molecule has 10 nitrogen and oxygen atoms in total. The molecule has 0 aromatic heterocycles. The molecule has 10 heteroatoms. The number of carbonyl (C=O) groups excluding carboxylic acids is 3. The lowest BCUT2D eigenvalue weighted by Crippen LogP contribution is -2.41. The van der Waals surface area contributed by atoms with Crippen LogP contribution in [0.25, 0.3) is 0 Å². The number of nitro benzene ring substituents is 1. The summed E-state index contributed by atoms with van der Waals surface area (Å²) in [4.78, 5) is 48.5. The molecule has 0 aliphatic heterocycles. The van der Waals surface area contributed by atoms with Gasteiger partial charge in [-0.3, -0.25) is 19.7 Å². The fourth-order valence-electron chi connectivity index (χ4n) is 4.26. The van der Waals surface area contributed by atoms with Gasteiger partial charge in [0.25, 0.3) is 11.6 Å². The third-order valence-electron chi connectivity index (χ3n) is 6.62. The lowest BCUT2D eigenvalue weighted by Gasteiger charge is -2.17. The van der Waals surface area contributed by atoms with Crippen LogP contribution in [0.2, 0.25) is 0 Å². The highest BCUT2D eigenvalue weighted by molar-refractivity contribution is 6.00. The second-order valence-corrected chi connectivity index (χ2v) is 9.78. The van der Waals surface area contributed by atoms with Crippen molar-refractivity contribution in [3.05, 3.63) is 93.5 Å². The number of Topliss-reactive ketones (excluding diaryl/α,β-unsaturated/α-hetero) is 1. The fourth-order valence-corrected chi connectivity index (χ4v) is 4.26. The van der Waals surface area contributed by atoms with E-state index in [1.165, 1.54) is 57.6 Å². The molecule has 0 saturated carbocycles. The minimum absolute atomic E-state index is 0.0896. The first kappa shape index (κ1) is 31.8. The normalized spacial score (nSPS) is 11.3. The molecule has 1 atom stereocenters. The minimum Gasteiger partial charge on any atom is -0.494 e. The maximum absolute atomic E-state index is 12.8. The molecule has 0 fully saturated rings. The van der Waals surface area contributed by atoms with Gasteiger partial charge in [0.05, 0.1) is 30.2 Å². The number of benzene rings is 3. The van der Waals surface area contributed by atoms with Crippen LogP contribution in [0.5, 0.6) is 17.2 Å². The van der Waals surface area contributed by atoms with Gasteiger partial charge in [-0.15, -0.1) is 0 Å². The Bertz CT molecular complexity index is 1390. The van der Waals surface area contributed by atoms with Gasteiger partial charge in [-0.05, 0) is 67.8 Å². The van der Waals surface area contributed by atoms with Crippen LogP contribution in [0.15, 0.2) is 66.7 Å². The molecule has 0 spiro atoms. The number of nitro groups is 1. The van der Waals surface area contributed by atoms with E-state index < -0.39 is 22.8 Å². The van der Waals surface area contributed by atoms with E-state index in [0.29, 0.717) is 23.5 Å². The number of esters is 1. The smallest absolute Gasteiger partial charge is 0.343 e. The Balaban J connectivity index is 1.63. The van der Waals surface area contributed by atoms with Crippen molar-refractivity contribution in [1.29, 1.82) is 0 Å². The van der Waals surface area contributed by atoms with Crippen molar-refractivity contribution in [2.45, 2.75) is 58.4 Å². The maximum Gasteiger partial charge on any atom is 0.343 e. The van der Waals surface area contributed by atoms with Crippen LogP contribution >= 0.6 is 0 Å². The van der Waals surface area contributed by atoms with Gasteiger partial charge in [0.2, 0.25) is 0 Å². The molecular weight excluding hydrogens is 540 g/mol. The molecule has 1 amide bonds. The molecule has 222 valence electrons. The number of rotatable bonds is 16. The zero-order valence-corrected chi connectivity index (χ0v) is 24.1. The average molecular weight is 577 g/mol. The van der Waals surface area contributed by atoms with Gasteiger partial charge in [0.1, 0.15) is 11.3 Å². The largest absolute Gasteiger partial charge is 0.494 e. The van der Waals surface area contributed by atoms with Crippen molar-refractivity contribution in [3.8, 4) is 17.2 Å². The molecule has 1 N–H and O–H groups in total. The van der Waals surface area contributed by atoms with Crippen LogP contribution in [0.1, 0.15) is 72.2 Å². The highest BCUT2D eigenvalue weighted by Gasteiger charge is 2.24. The van der Waals surface area contributed by atoms with Crippen LogP contribution < -0.4 is 19.5 Å². The molecule has 3 rings (SSSR count). The van der Waals surface area contributed by atoms with Crippen LogP contribution in [-0.2, 0) is 11.2 Å². The quantitative estimate of drug-likeness (QED) is 0.0711. The Morgan fingerprint density at radius 1 is 0.929 bits per heavy atom. The molecule has 3 aromatic carbocycles. The van der Waals surface area contributed by atoms with Crippen LogP contribution in [-0.4, -0.2) is 42.3 Å². The van der Waals surface area contributed by atoms with Gasteiger partial charge in [-0.1, -0.05) is 50.8 Å². The lowest BCUT2D eigenvalue weighted by molar-refractivity contribution is -0.385. The summed E-state index contributed by atoms with van der Waals surface area (Å²) < 4.78 is 16.7. The van der Waals surface area contributed by atoms with Gasteiger partial charge in [-0.2, -0.15) is 0 Å². The highest BCUT2D eigenvalue weighted by Crippen LogP contribution is 2.30. The minimum atomic E-state index is -0.951. The van der Waals surface area contributed by atoms with E-state index in [1.54, 1.807) is 42.5 Å². The van der Waals surface area contributed by atoms with Crippen molar-refractivity contribution < 1.29 is 33.5 Å². The van der Waals surface area contributed by atoms with Gasteiger partial charge in [0.15, 0.2) is 17.3 Å². The standard InChI is InChI=1S/C32H36N2O8/c1-4-5-6-7-10-19-41-25-16-14-24(15-17-25)32(37)42-29-18-13-23(21-30(29)40-3)20-27(22(2)35)33-31(36)26-11-8-9-12-28(26)34(38)39/h8-9,11-18,21,27H,4-7,10,19-20H2,1-3H3,(H,33,36). The summed E-state index contributed by atoms with van der Waals surface area (Å²) in [7, 11) is 1.42. The average Bonchev–Trinajstić information content (AvgIpc) is 2.99. The van der Waals surface area contributed by atoms with Crippen LogP contribution in [0, 0.1) is 10.1 Å². The monoisotopic (exact) mass is 576 g/mol. The molecule has 0 aliphatic rings. The Hall–Kier alpha value is -4.73. The number of amides is 1. The first-order valence-electron chi connectivity index (χ1n) is 13.9. The van der Waals surface area contributed by atoms with Gasteiger partial charge in [-0.25, -0.2) is 4.79 Å². The van der Waals surface area contributed by atoms with Gasteiger partial charge >= 0.3 is 5.97 Å². The van der Waals surface area contributed by atoms with Crippen molar-refractivity contribution in [2.24, 2.45) is 0 Å². The molecule has 3 aromatic rings. The van der Waals surface area contributed by atoms with Crippen molar-refractivity contribution in [2.75, 3.05) is 13.7 Å². The van der Waals surface area contributed by atoms with Gasteiger partial charge < -0.3 is 19.5 Å². The number of ketones is 1. The summed E-state index contributed by atoms with van der Waals surface area (Å²) in [5, 5.41) is 13.9. The molecule has 0 bridgehead atoms. The van der Waals surface area contributed by atoms with E-state index >= 15 is 0 Å². The first-order chi connectivity index (χ1) is 20.2. The number of hydrogen-bond acceptors (Lipinski definition) is 8. The van der Waals surface area contributed by atoms with E-state index in [4.69, 9.17) is 14.2 Å². The third kappa shape index (κ3) is 9.15. The molecule has 1 unspecified atom stereocenters. The number of hydrogen-bond donors (Lipinski definition) is 1. The van der Waals surface area contributed by atoms with E-state index in [0.717, 1.165) is 12.8 Å². The summed E-state index contributed by atoms with van der Waals surface area (Å²) in [6.07, 6.45) is 5.82. The molecule has 42 heavy (non-hydrogen) atoms. The van der Waals surface area contributed by atoms with Crippen molar-refractivity contribution in [1.82, 2.24) is 5.32 Å². The number of nitrogens with one attached hydrogen (secondary N) is 1. The van der Waals surface area contributed by atoms with E-state index in [1.807, 2.05) is 0 Å². The molecule has 0 aliphatic carbocycles.